The van der Waals surface area contributed by atoms with Crippen LogP contribution >= 0.6 is 0 Å². The maximum atomic E-state index is 3.65. The smallest absolute Gasteiger partial charge is 0.0342 e. The van der Waals surface area contributed by atoms with Crippen LogP contribution in [0.15, 0.2) is 0 Å². The Morgan fingerprint density at radius 3 is 2.71 bits per heavy atom. The van der Waals surface area contributed by atoms with Crippen molar-refractivity contribution in [3.63, 3.8) is 0 Å². The van der Waals surface area contributed by atoms with Gasteiger partial charge >= 0.3 is 0 Å². The van der Waals surface area contributed by atoms with Gasteiger partial charge in [0.05, 0.1) is 0 Å². The molecule has 0 spiro atoms. The molecule has 0 saturated carbocycles. The number of nitrogens with one attached hydrogen (secondary N) is 2. The monoisotopic (exact) mass is 241 g/mol. The van der Waals surface area contributed by atoms with Crippen LogP contribution < -0.4 is 10.6 Å². The minimum atomic E-state index is 0.412. The summed E-state index contributed by atoms with van der Waals surface area (Å²) >= 11 is 0. The van der Waals surface area contributed by atoms with Crippen molar-refractivity contribution in [2.75, 3.05) is 39.8 Å². The fraction of sp³-hybridized carbons (Fsp3) is 1.00. The lowest BCUT2D eigenvalue weighted by Crippen LogP contribution is -2.54. The standard InChI is InChI=1S/C14H31N3/c1-12(2)8-14(3,4)11-16-10-13-9-15-6-7-17(13)5/h12-13,15-16H,6-11H2,1-5H3. The molecular formula is C14H31N3. The lowest BCUT2D eigenvalue weighted by molar-refractivity contribution is 0.186. The molecule has 1 heterocycles. The Balaban J connectivity index is 2.22. The summed E-state index contributed by atoms with van der Waals surface area (Å²) in [6.07, 6.45) is 1.29. The highest BCUT2D eigenvalue weighted by molar-refractivity contribution is 4.81. The lowest BCUT2D eigenvalue weighted by Gasteiger charge is -2.34. The Bertz CT molecular complexity index is 214. The Hall–Kier alpha value is -0.120. The molecule has 0 radical (unpaired) electrons. The van der Waals surface area contributed by atoms with Gasteiger partial charge in [0.1, 0.15) is 0 Å². The van der Waals surface area contributed by atoms with E-state index in [9.17, 15) is 0 Å². The average Bonchev–Trinajstić information content (AvgIpc) is 2.18. The highest BCUT2D eigenvalue weighted by atomic mass is 15.2. The first-order chi connectivity index (χ1) is 7.91. The van der Waals surface area contributed by atoms with E-state index < -0.39 is 0 Å². The highest BCUT2D eigenvalue weighted by Crippen LogP contribution is 2.23. The van der Waals surface area contributed by atoms with Gasteiger partial charge in [-0.05, 0) is 24.8 Å². The third-order valence-electron chi connectivity index (χ3n) is 3.59. The van der Waals surface area contributed by atoms with Crippen molar-refractivity contribution in [1.29, 1.82) is 0 Å². The van der Waals surface area contributed by atoms with Gasteiger partial charge in [-0.3, -0.25) is 4.90 Å². The van der Waals surface area contributed by atoms with Gasteiger partial charge in [0.2, 0.25) is 0 Å². The molecule has 0 aromatic heterocycles. The molecule has 0 aromatic carbocycles. The zero-order valence-corrected chi connectivity index (χ0v) is 12.3. The third-order valence-corrected chi connectivity index (χ3v) is 3.59. The van der Waals surface area contributed by atoms with E-state index in [2.05, 4.69) is 50.3 Å². The first-order valence-corrected chi connectivity index (χ1v) is 7.02. The normalized spacial score (nSPS) is 23.3. The first-order valence-electron chi connectivity index (χ1n) is 7.02. The van der Waals surface area contributed by atoms with Gasteiger partial charge in [0.15, 0.2) is 0 Å². The molecule has 1 aliphatic heterocycles. The van der Waals surface area contributed by atoms with Gasteiger partial charge < -0.3 is 10.6 Å². The fourth-order valence-electron chi connectivity index (χ4n) is 2.85. The van der Waals surface area contributed by atoms with Crippen LogP contribution in [0.3, 0.4) is 0 Å². The topological polar surface area (TPSA) is 27.3 Å². The summed E-state index contributed by atoms with van der Waals surface area (Å²) in [6, 6.07) is 0.651. The maximum Gasteiger partial charge on any atom is 0.0342 e. The number of nitrogens with zero attached hydrogens (tertiary/aromatic N) is 1. The van der Waals surface area contributed by atoms with Crippen LogP contribution in [-0.2, 0) is 0 Å². The van der Waals surface area contributed by atoms with Crippen LogP contribution in [-0.4, -0.2) is 50.7 Å². The second-order valence-corrected chi connectivity index (χ2v) is 6.73. The van der Waals surface area contributed by atoms with Crippen molar-refractivity contribution >= 4 is 0 Å². The molecule has 1 atom stereocenters. The van der Waals surface area contributed by atoms with Crippen LogP contribution in [0, 0.1) is 11.3 Å². The van der Waals surface area contributed by atoms with Crippen molar-refractivity contribution in [3.05, 3.63) is 0 Å². The van der Waals surface area contributed by atoms with Crippen LogP contribution in [0.2, 0.25) is 0 Å². The molecule has 0 amide bonds. The maximum absolute atomic E-state index is 3.65. The minimum Gasteiger partial charge on any atom is -0.315 e. The molecule has 2 N–H and O–H groups in total. The van der Waals surface area contributed by atoms with Crippen molar-refractivity contribution in [1.82, 2.24) is 15.5 Å². The Kier molecular flexibility index (Phi) is 5.90. The van der Waals surface area contributed by atoms with Gasteiger partial charge in [-0.2, -0.15) is 0 Å². The fourth-order valence-corrected chi connectivity index (χ4v) is 2.85. The summed E-state index contributed by atoms with van der Waals surface area (Å²) in [6.45, 7) is 15.0. The van der Waals surface area contributed by atoms with Crippen molar-refractivity contribution in [2.45, 2.75) is 40.2 Å². The quantitative estimate of drug-likeness (QED) is 0.739. The zero-order chi connectivity index (χ0) is 12.9. The minimum absolute atomic E-state index is 0.412. The van der Waals surface area contributed by atoms with Crippen molar-refractivity contribution in [2.24, 2.45) is 11.3 Å². The Morgan fingerprint density at radius 1 is 1.41 bits per heavy atom. The molecule has 1 aliphatic rings. The predicted molar refractivity (Wildman–Crippen MR) is 75.4 cm³/mol. The van der Waals surface area contributed by atoms with E-state index >= 15 is 0 Å². The van der Waals surface area contributed by atoms with Crippen molar-refractivity contribution < 1.29 is 0 Å². The molecule has 3 heteroatoms. The summed E-state index contributed by atoms with van der Waals surface area (Å²) in [5.74, 6) is 0.783. The van der Waals surface area contributed by atoms with E-state index in [4.69, 9.17) is 0 Å². The van der Waals surface area contributed by atoms with E-state index in [0.717, 1.165) is 32.1 Å². The molecule has 1 unspecified atom stereocenters. The summed E-state index contributed by atoms with van der Waals surface area (Å²) in [5.41, 5.74) is 0.412. The molecule has 3 nitrogen and oxygen atoms in total. The number of piperazine rings is 1. The largest absolute Gasteiger partial charge is 0.315 e. The van der Waals surface area contributed by atoms with Gasteiger partial charge in [-0.25, -0.2) is 0 Å². The Labute approximate surface area is 107 Å². The van der Waals surface area contributed by atoms with Gasteiger partial charge in [0.25, 0.3) is 0 Å². The number of likely N-dealkylation sites (N-methyl/N-ethyl adjacent to an activating group) is 1. The number of hydrogen-bond acceptors (Lipinski definition) is 3. The first kappa shape index (κ1) is 14.9. The molecule has 1 saturated heterocycles. The second-order valence-electron chi connectivity index (χ2n) is 6.73. The van der Waals surface area contributed by atoms with Crippen LogP contribution in [0.5, 0.6) is 0 Å². The number of hydrogen-bond donors (Lipinski definition) is 2. The summed E-state index contributed by atoms with van der Waals surface area (Å²) in [7, 11) is 2.23. The van der Waals surface area contributed by atoms with E-state index in [1.165, 1.54) is 13.0 Å². The molecule has 17 heavy (non-hydrogen) atoms. The molecule has 0 bridgehead atoms. The molecule has 0 aromatic rings. The zero-order valence-electron chi connectivity index (χ0n) is 12.3. The SMILES string of the molecule is CC(C)CC(C)(C)CNCC1CNCCN1C. The van der Waals surface area contributed by atoms with Crippen LogP contribution in [0.25, 0.3) is 0 Å². The van der Waals surface area contributed by atoms with Crippen LogP contribution in [0.4, 0.5) is 0 Å². The van der Waals surface area contributed by atoms with Crippen molar-refractivity contribution in [3.8, 4) is 0 Å². The highest BCUT2D eigenvalue weighted by Gasteiger charge is 2.21. The van der Waals surface area contributed by atoms with Gasteiger partial charge in [0, 0.05) is 38.8 Å². The molecule has 102 valence electrons. The summed E-state index contributed by atoms with van der Waals surface area (Å²) in [4.78, 5) is 2.46. The second kappa shape index (κ2) is 6.72. The van der Waals surface area contributed by atoms with Gasteiger partial charge in [-0.1, -0.05) is 27.7 Å². The van der Waals surface area contributed by atoms with E-state index in [1.807, 2.05) is 0 Å². The predicted octanol–water partition coefficient (Wildman–Crippen LogP) is 1.55. The van der Waals surface area contributed by atoms with Gasteiger partial charge in [-0.15, -0.1) is 0 Å². The number of rotatable bonds is 6. The lowest BCUT2D eigenvalue weighted by atomic mass is 9.84. The Morgan fingerprint density at radius 2 is 2.12 bits per heavy atom. The van der Waals surface area contributed by atoms with E-state index in [1.54, 1.807) is 0 Å². The van der Waals surface area contributed by atoms with E-state index in [0.29, 0.717) is 11.5 Å². The summed E-state index contributed by atoms with van der Waals surface area (Å²) in [5, 5.41) is 7.11. The van der Waals surface area contributed by atoms with E-state index in [-0.39, 0.29) is 0 Å². The molecule has 1 fully saturated rings. The average molecular weight is 241 g/mol. The summed E-state index contributed by atoms with van der Waals surface area (Å²) < 4.78 is 0. The molecular weight excluding hydrogens is 210 g/mol. The molecule has 0 aliphatic carbocycles. The molecule has 1 rings (SSSR count). The third kappa shape index (κ3) is 5.84. The van der Waals surface area contributed by atoms with Crippen LogP contribution in [0.1, 0.15) is 34.1 Å².